The molecule has 96 valence electrons. The van der Waals surface area contributed by atoms with Crippen molar-refractivity contribution in [2.24, 2.45) is 0 Å². The van der Waals surface area contributed by atoms with Gasteiger partial charge >= 0.3 is 0 Å². The third kappa shape index (κ3) is 5.06. The van der Waals surface area contributed by atoms with Gasteiger partial charge in [-0.25, -0.2) is 0 Å². The van der Waals surface area contributed by atoms with Crippen molar-refractivity contribution in [2.75, 3.05) is 45.8 Å². The van der Waals surface area contributed by atoms with Crippen molar-refractivity contribution in [2.45, 2.75) is 6.42 Å². The fraction of sp³-hybridized carbons (Fsp3) is 0.667. The average molecular weight is 318 g/mol. The SMILES string of the molecule is Brc1ccc(CCNCCN2CCNCC2)s1. The van der Waals surface area contributed by atoms with Crippen LogP contribution in [-0.4, -0.2) is 50.7 Å². The van der Waals surface area contributed by atoms with Crippen LogP contribution in [0.3, 0.4) is 0 Å². The zero-order chi connectivity index (χ0) is 11.9. The van der Waals surface area contributed by atoms with Gasteiger partial charge in [0.25, 0.3) is 0 Å². The lowest BCUT2D eigenvalue weighted by atomic mass is 10.3. The minimum atomic E-state index is 1.08. The Labute approximate surface area is 116 Å². The first-order valence-electron chi connectivity index (χ1n) is 6.22. The molecular weight excluding hydrogens is 298 g/mol. The van der Waals surface area contributed by atoms with Crippen LogP contribution >= 0.6 is 27.3 Å². The number of hydrogen-bond donors (Lipinski definition) is 2. The van der Waals surface area contributed by atoms with Crippen LogP contribution < -0.4 is 10.6 Å². The van der Waals surface area contributed by atoms with E-state index in [0.717, 1.165) is 32.6 Å². The first-order chi connectivity index (χ1) is 8.34. The lowest BCUT2D eigenvalue weighted by molar-refractivity contribution is 0.241. The summed E-state index contributed by atoms with van der Waals surface area (Å²) in [4.78, 5) is 3.97. The highest BCUT2D eigenvalue weighted by molar-refractivity contribution is 9.11. The molecule has 2 rings (SSSR count). The molecule has 0 amide bonds. The van der Waals surface area contributed by atoms with Gasteiger partial charge in [0.05, 0.1) is 3.79 Å². The van der Waals surface area contributed by atoms with E-state index in [4.69, 9.17) is 0 Å². The lowest BCUT2D eigenvalue weighted by Crippen LogP contribution is -2.45. The molecule has 2 heterocycles. The molecule has 0 atom stereocenters. The average Bonchev–Trinajstić information content (AvgIpc) is 2.76. The highest BCUT2D eigenvalue weighted by Crippen LogP contribution is 2.21. The number of piperazine rings is 1. The Morgan fingerprint density at radius 3 is 2.82 bits per heavy atom. The molecule has 1 aromatic rings. The van der Waals surface area contributed by atoms with Crippen LogP contribution in [0.4, 0.5) is 0 Å². The van der Waals surface area contributed by atoms with Crippen molar-refractivity contribution < 1.29 is 0 Å². The zero-order valence-corrected chi connectivity index (χ0v) is 12.4. The monoisotopic (exact) mass is 317 g/mol. The molecule has 0 aromatic carbocycles. The predicted molar refractivity (Wildman–Crippen MR) is 77.9 cm³/mol. The second-order valence-corrected chi connectivity index (χ2v) is 6.85. The van der Waals surface area contributed by atoms with Crippen LogP contribution in [-0.2, 0) is 6.42 Å². The van der Waals surface area contributed by atoms with Gasteiger partial charge in [0.1, 0.15) is 0 Å². The molecule has 0 unspecified atom stereocenters. The maximum absolute atomic E-state index is 3.52. The van der Waals surface area contributed by atoms with E-state index in [1.54, 1.807) is 0 Å². The highest BCUT2D eigenvalue weighted by atomic mass is 79.9. The van der Waals surface area contributed by atoms with E-state index in [1.807, 2.05) is 11.3 Å². The maximum atomic E-state index is 3.52. The molecule has 0 bridgehead atoms. The molecule has 0 radical (unpaired) electrons. The van der Waals surface area contributed by atoms with Crippen LogP contribution in [0.15, 0.2) is 15.9 Å². The van der Waals surface area contributed by atoms with Gasteiger partial charge in [-0.2, -0.15) is 0 Å². The quantitative estimate of drug-likeness (QED) is 0.780. The predicted octanol–water partition coefficient (Wildman–Crippen LogP) is 1.55. The summed E-state index contributed by atoms with van der Waals surface area (Å²) in [5.41, 5.74) is 0. The molecule has 1 aromatic heterocycles. The molecule has 1 aliphatic heterocycles. The minimum Gasteiger partial charge on any atom is -0.315 e. The third-order valence-corrected chi connectivity index (χ3v) is 4.67. The van der Waals surface area contributed by atoms with Crippen LogP contribution in [0.1, 0.15) is 4.88 Å². The highest BCUT2D eigenvalue weighted by Gasteiger charge is 2.07. The Hall–Kier alpha value is 0.0600. The summed E-state index contributed by atoms with van der Waals surface area (Å²) in [6.07, 6.45) is 1.14. The van der Waals surface area contributed by atoms with E-state index >= 15 is 0 Å². The molecule has 0 aliphatic carbocycles. The number of rotatable bonds is 6. The number of halogens is 1. The summed E-state index contributed by atoms with van der Waals surface area (Å²) in [6.45, 7) is 8.03. The van der Waals surface area contributed by atoms with Gasteiger partial charge in [-0.15, -0.1) is 11.3 Å². The Kier molecular flexibility index (Phi) is 5.94. The molecule has 0 saturated carbocycles. The van der Waals surface area contributed by atoms with E-state index in [-0.39, 0.29) is 0 Å². The third-order valence-electron chi connectivity index (χ3n) is 2.99. The van der Waals surface area contributed by atoms with Crippen molar-refractivity contribution in [1.82, 2.24) is 15.5 Å². The van der Waals surface area contributed by atoms with Crippen molar-refractivity contribution in [3.05, 3.63) is 20.8 Å². The zero-order valence-electron chi connectivity index (χ0n) is 10.0. The molecule has 1 fully saturated rings. The number of nitrogens with zero attached hydrogens (tertiary/aromatic N) is 1. The summed E-state index contributed by atoms with van der Waals surface area (Å²) < 4.78 is 1.23. The first-order valence-corrected chi connectivity index (χ1v) is 7.83. The maximum Gasteiger partial charge on any atom is 0.0701 e. The summed E-state index contributed by atoms with van der Waals surface area (Å²) in [7, 11) is 0. The lowest BCUT2D eigenvalue weighted by Gasteiger charge is -2.27. The fourth-order valence-corrected chi connectivity index (χ4v) is 3.48. The second-order valence-electron chi connectivity index (χ2n) is 4.30. The van der Waals surface area contributed by atoms with Gasteiger partial charge in [0.2, 0.25) is 0 Å². The van der Waals surface area contributed by atoms with Gasteiger partial charge in [-0.3, -0.25) is 4.90 Å². The Morgan fingerprint density at radius 1 is 1.29 bits per heavy atom. The van der Waals surface area contributed by atoms with E-state index in [9.17, 15) is 0 Å². The number of thiophene rings is 1. The minimum absolute atomic E-state index is 1.08. The van der Waals surface area contributed by atoms with Crippen LogP contribution in [0.5, 0.6) is 0 Å². The standard InChI is InChI=1S/C12H20BrN3S/c13-12-2-1-11(17-12)3-4-14-5-8-16-9-6-15-7-10-16/h1-2,14-15H,3-10H2. The topological polar surface area (TPSA) is 27.3 Å². The van der Waals surface area contributed by atoms with Crippen LogP contribution in [0.2, 0.25) is 0 Å². The van der Waals surface area contributed by atoms with Gasteiger partial charge in [-0.05, 0) is 34.5 Å². The van der Waals surface area contributed by atoms with E-state index in [2.05, 4.69) is 43.6 Å². The van der Waals surface area contributed by atoms with Gasteiger partial charge in [-0.1, -0.05) is 0 Å². The first kappa shape index (κ1) is 13.5. The second kappa shape index (κ2) is 7.48. The molecule has 17 heavy (non-hydrogen) atoms. The van der Waals surface area contributed by atoms with Gasteiger partial charge in [0, 0.05) is 50.7 Å². The van der Waals surface area contributed by atoms with Crippen molar-refractivity contribution in [3.8, 4) is 0 Å². The normalized spacial score (nSPS) is 17.5. The molecule has 2 N–H and O–H groups in total. The number of hydrogen-bond acceptors (Lipinski definition) is 4. The van der Waals surface area contributed by atoms with Crippen molar-refractivity contribution in [3.63, 3.8) is 0 Å². The van der Waals surface area contributed by atoms with Crippen molar-refractivity contribution in [1.29, 1.82) is 0 Å². The molecule has 1 aliphatic rings. The molecule has 1 saturated heterocycles. The summed E-state index contributed by atoms with van der Waals surface area (Å²) >= 11 is 5.32. The van der Waals surface area contributed by atoms with Crippen LogP contribution in [0.25, 0.3) is 0 Å². The van der Waals surface area contributed by atoms with E-state index in [0.29, 0.717) is 0 Å². The molecule has 0 spiro atoms. The molecule has 5 heteroatoms. The van der Waals surface area contributed by atoms with E-state index < -0.39 is 0 Å². The molecular formula is C12H20BrN3S. The largest absolute Gasteiger partial charge is 0.315 e. The van der Waals surface area contributed by atoms with Crippen molar-refractivity contribution >= 4 is 27.3 Å². The smallest absolute Gasteiger partial charge is 0.0701 e. The molecule has 3 nitrogen and oxygen atoms in total. The van der Waals surface area contributed by atoms with Crippen LogP contribution in [0, 0.1) is 0 Å². The fourth-order valence-electron chi connectivity index (χ4n) is 1.99. The number of nitrogens with one attached hydrogen (secondary N) is 2. The van der Waals surface area contributed by atoms with Gasteiger partial charge in [0.15, 0.2) is 0 Å². The summed E-state index contributed by atoms with van der Waals surface area (Å²) in [5.74, 6) is 0. The van der Waals surface area contributed by atoms with E-state index in [1.165, 1.54) is 28.3 Å². The Balaban J connectivity index is 1.51. The summed E-state index contributed by atoms with van der Waals surface area (Å²) in [6, 6.07) is 4.33. The van der Waals surface area contributed by atoms with Gasteiger partial charge < -0.3 is 10.6 Å². The Bertz CT molecular complexity index is 323. The summed E-state index contributed by atoms with van der Waals surface area (Å²) in [5, 5.41) is 6.89. The Morgan fingerprint density at radius 2 is 2.12 bits per heavy atom.